The van der Waals surface area contributed by atoms with Crippen LogP contribution >= 0.6 is 0 Å². The number of imidazole rings is 1. The van der Waals surface area contributed by atoms with Crippen molar-refractivity contribution in [2.75, 3.05) is 178 Å². The molecule has 0 aromatic carbocycles. The number of pyridine rings is 5. The number of quaternary nitrogens is 4. The van der Waals surface area contributed by atoms with Gasteiger partial charge >= 0.3 is 0 Å². The van der Waals surface area contributed by atoms with Crippen LogP contribution in [0.5, 0.6) is 0 Å². The fourth-order valence-corrected chi connectivity index (χ4v) is 13.7. The van der Waals surface area contributed by atoms with Crippen molar-refractivity contribution in [3.8, 4) is 0 Å². The third-order valence-electron chi connectivity index (χ3n) is 20.2. The Morgan fingerprint density at radius 2 is 0.660 bits per heavy atom. The van der Waals surface area contributed by atoms with E-state index in [0.717, 1.165) is 140 Å². The van der Waals surface area contributed by atoms with Gasteiger partial charge in [-0.3, -0.25) is 24.9 Å². The lowest BCUT2D eigenvalue weighted by Gasteiger charge is -2.37. The first-order valence-corrected chi connectivity index (χ1v) is 38.2. The second-order valence-corrected chi connectivity index (χ2v) is 30.9. The highest BCUT2D eigenvalue weighted by molar-refractivity contribution is 5.55. The van der Waals surface area contributed by atoms with Crippen LogP contribution in [0.3, 0.4) is 0 Å². The minimum absolute atomic E-state index is 0.631. The molecule has 0 atom stereocenters. The van der Waals surface area contributed by atoms with E-state index in [1.54, 1.807) is 55.2 Å². The van der Waals surface area contributed by atoms with Crippen molar-refractivity contribution in [2.45, 2.75) is 199 Å². The van der Waals surface area contributed by atoms with Gasteiger partial charge < -0.3 is 80.0 Å². The zero-order valence-corrected chi connectivity index (χ0v) is 63.5. The number of hydrogen-bond donors (Lipinski definition) is 10. The maximum Gasteiger partial charge on any atom is 0.243 e. The predicted octanol–water partition coefficient (Wildman–Crippen LogP) is 11.1. The van der Waals surface area contributed by atoms with Crippen molar-refractivity contribution in [2.24, 2.45) is 7.05 Å². The Hall–Kier alpha value is -7.24. The highest BCUT2D eigenvalue weighted by atomic mass is 16.5. The van der Waals surface area contributed by atoms with Crippen molar-refractivity contribution in [3.63, 3.8) is 0 Å². The summed E-state index contributed by atoms with van der Waals surface area (Å²) in [5.41, 5.74) is 69.5. The molecule has 22 nitrogen and oxygen atoms in total. The summed E-state index contributed by atoms with van der Waals surface area (Å²) < 4.78 is 14.5. The minimum Gasteiger partial charge on any atom is -0.397 e. The molecule has 0 unspecified atom stereocenters. The fourth-order valence-electron chi connectivity index (χ4n) is 13.7. The van der Waals surface area contributed by atoms with E-state index >= 15 is 0 Å². The van der Waals surface area contributed by atoms with E-state index in [-0.39, 0.29) is 0 Å². The number of anilines is 10. The topological polar surface area (TPSA) is 343 Å². The van der Waals surface area contributed by atoms with Crippen LogP contribution < -0.4 is 61.9 Å². The van der Waals surface area contributed by atoms with E-state index in [0.29, 0.717) is 34.1 Å². The largest absolute Gasteiger partial charge is 0.397 e. The van der Waals surface area contributed by atoms with Crippen LogP contribution in [0.1, 0.15) is 189 Å². The second-order valence-electron chi connectivity index (χ2n) is 30.9. The number of piperidine rings is 1. The Balaban J connectivity index is 0.000000226. The van der Waals surface area contributed by atoms with E-state index < -0.39 is 0 Å². The van der Waals surface area contributed by atoms with E-state index in [1.165, 1.54) is 207 Å². The Labute approximate surface area is 603 Å². The van der Waals surface area contributed by atoms with Crippen LogP contribution in [-0.2, 0) is 50.4 Å². The molecular weight excluding hydrogens is 1250 g/mol. The monoisotopic (exact) mass is 1390 g/mol. The maximum atomic E-state index is 5.93. The van der Waals surface area contributed by atoms with Crippen LogP contribution in [0.4, 0.5) is 56.9 Å². The number of nitrogens with zero attached hydrogens (tertiary/aromatic N) is 11. The van der Waals surface area contributed by atoms with Crippen molar-refractivity contribution in [1.29, 1.82) is 0 Å². The maximum absolute atomic E-state index is 5.93. The van der Waals surface area contributed by atoms with Gasteiger partial charge in [0.25, 0.3) is 0 Å². The third-order valence-corrected chi connectivity index (χ3v) is 20.2. The molecule has 9 rings (SSSR count). The molecule has 3 fully saturated rings. The highest BCUT2D eigenvalue weighted by Gasteiger charge is 2.27. The number of likely N-dealkylation sites (N-methyl/N-ethyl adjacent to an activating group) is 1. The van der Waals surface area contributed by atoms with Crippen molar-refractivity contribution in [3.05, 3.63) is 109 Å². The molecule has 558 valence electrons. The zero-order valence-electron chi connectivity index (χ0n) is 63.5. The number of unbranched alkanes of at least 4 members (excludes halogenated alkanes) is 15. The summed E-state index contributed by atoms with van der Waals surface area (Å²) in [5.74, 6) is 0. The van der Waals surface area contributed by atoms with Gasteiger partial charge in [-0.05, 0) is 178 Å². The number of rotatable bonds is 35. The molecule has 3 aliphatic rings. The number of nitrogen functional groups attached to an aromatic ring is 10. The molecule has 0 saturated carbocycles. The molecule has 0 amide bonds. The first kappa shape index (κ1) is 83.4. The van der Waals surface area contributed by atoms with Gasteiger partial charge in [-0.2, -0.15) is 0 Å². The molecule has 0 radical (unpaired) electrons. The van der Waals surface area contributed by atoms with Gasteiger partial charge in [-0.1, -0.05) is 32.1 Å². The lowest BCUT2D eigenvalue weighted by molar-refractivity contribution is -0.917. The van der Waals surface area contributed by atoms with Gasteiger partial charge in [0.05, 0.1) is 238 Å². The van der Waals surface area contributed by atoms with Crippen molar-refractivity contribution >= 4 is 56.9 Å². The van der Waals surface area contributed by atoms with Crippen LogP contribution in [-0.4, -0.2) is 168 Å². The molecule has 20 N–H and O–H groups in total. The quantitative estimate of drug-likeness (QED) is 0.0100. The van der Waals surface area contributed by atoms with E-state index in [2.05, 4.69) is 95.1 Å². The third kappa shape index (κ3) is 34.9. The number of likely N-dealkylation sites (tertiary alicyclic amines) is 2. The summed E-state index contributed by atoms with van der Waals surface area (Å²) in [5, 5.41) is 0. The number of nitrogens with two attached hydrogens (primary N) is 10. The molecule has 3 aliphatic heterocycles. The SMILES string of the molecule is C[N+](C)(C)CCCCCCc1ncc(N)cc1N.C[N+]1(CCCCCCc2ncc(N)cc2N)CCCC1.C[N+]1(CCCCCCc2ncc(N)cc2N)CCCCC1.C[N+]1(CCCCCCc2ncc(N)cc2N)CCOCC1.C[n+]1ccn(CCCCCCc2ncc(N)cc2N)c1. The number of aryl methyl sites for hydroxylation is 7. The Kier molecular flexibility index (Phi) is 37.4. The van der Waals surface area contributed by atoms with Gasteiger partial charge in [-0.15, -0.1) is 0 Å². The normalized spacial score (nSPS) is 15.2. The van der Waals surface area contributed by atoms with Crippen LogP contribution in [0.25, 0.3) is 0 Å². The van der Waals surface area contributed by atoms with Gasteiger partial charge in [-0.25, -0.2) is 9.13 Å². The molecule has 3 saturated heterocycles. The lowest BCUT2D eigenvalue weighted by Crippen LogP contribution is -2.52. The molecule has 0 bridgehead atoms. The number of aromatic nitrogens is 7. The van der Waals surface area contributed by atoms with Crippen molar-refractivity contribution in [1.82, 2.24) is 29.5 Å². The fraction of sp³-hybridized carbons (Fsp3) is 0.641. The lowest BCUT2D eigenvalue weighted by atomic mass is 10.1. The summed E-state index contributed by atoms with van der Waals surface area (Å²) in [7, 11) is 15.9. The summed E-state index contributed by atoms with van der Waals surface area (Å²) in [6, 6.07) is 8.99. The molecule has 0 spiro atoms. The van der Waals surface area contributed by atoms with Crippen LogP contribution in [0, 0.1) is 0 Å². The van der Waals surface area contributed by atoms with Crippen LogP contribution in [0.2, 0.25) is 0 Å². The number of ether oxygens (including phenoxy) is 1. The first-order chi connectivity index (χ1) is 47.8. The van der Waals surface area contributed by atoms with E-state index in [1.807, 2.05) is 13.1 Å². The standard InChI is InChI=1S/C17H31N4.C16H29N4O.C16H29N4.C15H24N5.C14H27N4/c1-21(11-7-4-8-12-21)10-6-3-2-5-9-17-16(19)13-15(18)14-20-17;1-20(8-10-21-11-9-20)7-5-3-2-4-6-16-15(18)12-14(17)13-19-16;1-20(10-6-7-11-20)9-5-3-2-4-8-16-15(18)12-14(17)13-19-16;1-19-8-9-20(12-19)7-5-3-2-4-6-15-14(17)10-13(16)11-18-15;1-18(2,3)9-7-5-4-6-8-14-13(16)10-12(15)11-17-14/h13-14H,2-12,18-19H2,1H3;12-13H,2-11,17-18H2,1H3;12-13H,2-11,17-18H2,1H3;8-12H,2-7,16-17H2,1H3;10-11H,4-9,15-16H2,1-3H3/q5*+1. The Morgan fingerprint density at radius 1 is 0.380 bits per heavy atom. The predicted molar refractivity (Wildman–Crippen MR) is 421 cm³/mol. The molecule has 9 heterocycles. The second kappa shape index (κ2) is 44.9. The Bertz CT molecular complexity index is 3120. The summed E-state index contributed by atoms with van der Waals surface area (Å²) in [4.78, 5) is 21.5. The highest BCUT2D eigenvalue weighted by Crippen LogP contribution is 2.24. The molecule has 100 heavy (non-hydrogen) atoms. The Morgan fingerprint density at radius 3 is 0.950 bits per heavy atom. The van der Waals surface area contributed by atoms with Gasteiger partial charge in [0.1, 0.15) is 25.5 Å². The summed E-state index contributed by atoms with van der Waals surface area (Å²) in [6.07, 6.45) is 51.5. The molecule has 6 aromatic heterocycles. The van der Waals surface area contributed by atoms with E-state index in [9.17, 15) is 0 Å². The van der Waals surface area contributed by atoms with Gasteiger partial charge in [0.15, 0.2) is 0 Å². The van der Waals surface area contributed by atoms with Gasteiger partial charge in [0.2, 0.25) is 6.33 Å². The van der Waals surface area contributed by atoms with Gasteiger partial charge in [0, 0.05) is 12.8 Å². The van der Waals surface area contributed by atoms with E-state index in [4.69, 9.17) is 62.1 Å². The molecule has 22 heteroatoms. The molecule has 6 aromatic rings. The molecular formula is C78H140N21O+5. The molecule has 0 aliphatic carbocycles. The number of hydrogen-bond acceptors (Lipinski definition) is 16. The minimum atomic E-state index is 0.631. The smallest absolute Gasteiger partial charge is 0.243 e. The zero-order chi connectivity index (χ0) is 72.7. The first-order valence-electron chi connectivity index (χ1n) is 38.2. The number of morpholine rings is 1. The summed E-state index contributed by atoms with van der Waals surface area (Å²) >= 11 is 0. The summed E-state index contributed by atoms with van der Waals surface area (Å²) in [6.45, 7) is 16.0. The average Bonchev–Trinajstić information content (AvgIpc) is 1.19. The van der Waals surface area contributed by atoms with Crippen LogP contribution in [0.15, 0.2) is 80.0 Å². The average molecular weight is 1390 g/mol. The van der Waals surface area contributed by atoms with Crippen molar-refractivity contribution < 1.29 is 27.2 Å².